The number of nitrogens with one attached hydrogen (secondary N) is 1. The summed E-state index contributed by atoms with van der Waals surface area (Å²) in [6, 6.07) is 15.0. The van der Waals surface area contributed by atoms with Crippen LogP contribution in [0.15, 0.2) is 58.8 Å². The lowest BCUT2D eigenvalue weighted by Gasteiger charge is -2.35. The third-order valence-electron chi connectivity index (χ3n) is 5.79. The predicted molar refractivity (Wildman–Crippen MR) is 128 cm³/mol. The molecule has 1 aliphatic heterocycles. The first kappa shape index (κ1) is 23.0. The number of nitrogens with zero attached hydrogens (tertiary/aromatic N) is 3. The van der Waals surface area contributed by atoms with Crippen molar-refractivity contribution >= 4 is 23.2 Å². The molecule has 0 radical (unpaired) electrons. The van der Waals surface area contributed by atoms with Gasteiger partial charge in [0, 0.05) is 36.5 Å². The molecule has 0 saturated heterocycles. The van der Waals surface area contributed by atoms with Crippen molar-refractivity contribution in [3.63, 3.8) is 0 Å². The van der Waals surface area contributed by atoms with Gasteiger partial charge in [-0.15, -0.1) is 0 Å². The van der Waals surface area contributed by atoms with Gasteiger partial charge < -0.3 is 14.6 Å². The summed E-state index contributed by atoms with van der Waals surface area (Å²) in [6.45, 7) is 5.11. The van der Waals surface area contributed by atoms with Crippen LogP contribution in [0.25, 0.3) is 17.0 Å². The molecule has 3 aromatic rings. The molecule has 0 fully saturated rings. The molecule has 1 aliphatic rings. The van der Waals surface area contributed by atoms with Gasteiger partial charge in [-0.1, -0.05) is 60.1 Å². The van der Waals surface area contributed by atoms with Crippen molar-refractivity contribution in [3.05, 3.63) is 76.3 Å². The van der Waals surface area contributed by atoms with Crippen LogP contribution in [0.3, 0.4) is 0 Å². The van der Waals surface area contributed by atoms with Crippen LogP contribution in [-0.2, 0) is 11.2 Å². The molecular weight excluding hydrogens is 440 g/mol. The number of halogens is 1. The fourth-order valence-corrected chi connectivity index (χ4v) is 4.16. The molecule has 0 spiro atoms. The number of carbonyl (C=O) groups excluding carboxylic acids is 1. The number of amides is 2. The number of hydrogen-bond donors (Lipinski definition) is 1. The molecule has 2 amide bonds. The molecule has 1 unspecified atom stereocenters. The summed E-state index contributed by atoms with van der Waals surface area (Å²) < 4.78 is 10.9. The Morgan fingerprint density at radius 3 is 2.70 bits per heavy atom. The molecule has 1 N–H and O–H groups in total. The molecule has 2 heterocycles. The summed E-state index contributed by atoms with van der Waals surface area (Å²) >= 11 is 6.14. The molecule has 0 saturated carbocycles. The minimum absolute atomic E-state index is 0.161. The number of urea groups is 1. The minimum atomic E-state index is -0.408. The third kappa shape index (κ3) is 4.94. The van der Waals surface area contributed by atoms with E-state index in [9.17, 15) is 4.79 Å². The van der Waals surface area contributed by atoms with Crippen molar-refractivity contribution < 1.29 is 14.1 Å². The van der Waals surface area contributed by atoms with Gasteiger partial charge in [-0.05, 0) is 43.0 Å². The number of aromatic nitrogens is 2. The first-order chi connectivity index (χ1) is 16.0. The van der Waals surface area contributed by atoms with E-state index in [1.807, 2.05) is 31.2 Å². The summed E-state index contributed by atoms with van der Waals surface area (Å²) in [5, 5.41) is 7.90. The van der Waals surface area contributed by atoms with Crippen molar-refractivity contribution in [2.75, 3.05) is 20.3 Å². The van der Waals surface area contributed by atoms with E-state index in [1.165, 1.54) is 5.56 Å². The Bertz CT molecular complexity index is 1160. The van der Waals surface area contributed by atoms with Gasteiger partial charge in [-0.25, -0.2) is 4.79 Å². The quantitative estimate of drug-likeness (QED) is 0.444. The van der Waals surface area contributed by atoms with Gasteiger partial charge >= 0.3 is 6.03 Å². The van der Waals surface area contributed by atoms with E-state index in [2.05, 4.69) is 34.5 Å². The molecule has 1 aromatic heterocycles. The molecule has 2 aromatic carbocycles. The van der Waals surface area contributed by atoms with Crippen LogP contribution in [0.1, 0.15) is 43.3 Å². The van der Waals surface area contributed by atoms with E-state index >= 15 is 0 Å². The molecule has 7 nitrogen and oxygen atoms in total. The Labute approximate surface area is 198 Å². The number of aryl methyl sites for hydroxylation is 1. The molecule has 172 valence electrons. The average Bonchev–Trinajstić information content (AvgIpc) is 3.31. The largest absolute Gasteiger partial charge is 0.385 e. The second-order valence-corrected chi connectivity index (χ2v) is 8.34. The summed E-state index contributed by atoms with van der Waals surface area (Å²) in [4.78, 5) is 19.4. The Morgan fingerprint density at radius 2 is 2.00 bits per heavy atom. The number of benzene rings is 2. The fraction of sp³-hybridized carbons (Fsp3) is 0.320. The van der Waals surface area contributed by atoms with Crippen molar-refractivity contribution in [2.24, 2.45) is 0 Å². The van der Waals surface area contributed by atoms with Crippen molar-refractivity contribution in [3.8, 4) is 11.4 Å². The zero-order valence-electron chi connectivity index (χ0n) is 19.0. The second-order valence-electron chi connectivity index (χ2n) is 7.91. The predicted octanol–water partition coefficient (Wildman–Crippen LogP) is 5.49. The van der Waals surface area contributed by atoms with Gasteiger partial charge in [0.2, 0.25) is 5.82 Å². The SMILES string of the molecule is CCc1ccc(C2NC(=O)N(CCCOC)C(C)=C2c2nc(-c3cccc(Cl)c3)no2)cc1. The maximum Gasteiger partial charge on any atom is 0.322 e. The molecule has 33 heavy (non-hydrogen) atoms. The molecular formula is C25H27ClN4O3. The zero-order valence-corrected chi connectivity index (χ0v) is 19.7. The highest BCUT2D eigenvalue weighted by atomic mass is 35.5. The summed E-state index contributed by atoms with van der Waals surface area (Å²) in [5.74, 6) is 0.805. The van der Waals surface area contributed by atoms with Gasteiger partial charge in [-0.3, -0.25) is 4.90 Å². The minimum Gasteiger partial charge on any atom is -0.385 e. The fourth-order valence-electron chi connectivity index (χ4n) is 3.97. The Balaban J connectivity index is 1.76. The standard InChI is InChI=1S/C25H27ClN4O3/c1-4-17-9-11-18(12-10-17)22-21(16(2)30(25(31)27-22)13-6-14-32-3)24-28-23(29-33-24)19-7-5-8-20(26)15-19/h5,7-12,15,22H,4,6,13-14H2,1-3H3,(H,27,31). The molecule has 0 aliphatic carbocycles. The van der Waals surface area contributed by atoms with E-state index in [0.717, 1.165) is 28.8 Å². The molecule has 0 bridgehead atoms. The van der Waals surface area contributed by atoms with Crippen LogP contribution in [0.2, 0.25) is 5.02 Å². The highest BCUT2D eigenvalue weighted by Crippen LogP contribution is 2.37. The van der Waals surface area contributed by atoms with Gasteiger partial charge in [0.25, 0.3) is 5.89 Å². The highest BCUT2D eigenvalue weighted by Gasteiger charge is 2.35. The monoisotopic (exact) mass is 466 g/mol. The third-order valence-corrected chi connectivity index (χ3v) is 6.02. The number of rotatable bonds is 8. The Hall–Kier alpha value is -3.16. The summed E-state index contributed by atoms with van der Waals surface area (Å²) in [5.41, 5.74) is 4.49. The van der Waals surface area contributed by atoms with Crippen molar-refractivity contribution in [2.45, 2.75) is 32.7 Å². The second kappa shape index (κ2) is 10.2. The van der Waals surface area contributed by atoms with E-state index < -0.39 is 6.04 Å². The average molecular weight is 467 g/mol. The molecule has 1 atom stereocenters. The summed E-state index contributed by atoms with van der Waals surface area (Å²) in [6.07, 6.45) is 1.65. The van der Waals surface area contributed by atoms with Crippen LogP contribution in [-0.4, -0.2) is 41.3 Å². The first-order valence-electron chi connectivity index (χ1n) is 11.0. The lowest BCUT2D eigenvalue weighted by molar-refractivity contribution is 0.174. The lowest BCUT2D eigenvalue weighted by atomic mass is 9.93. The maximum atomic E-state index is 13.0. The molecule has 8 heteroatoms. The van der Waals surface area contributed by atoms with E-state index in [0.29, 0.717) is 36.3 Å². The Morgan fingerprint density at radius 1 is 1.21 bits per heavy atom. The lowest BCUT2D eigenvalue weighted by Crippen LogP contribution is -2.46. The van der Waals surface area contributed by atoms with Crippen molar-refractivity contribution in [1.29, 1.82) is 0 Å². The van der Waals surface area contributed by atoms with Gasteiger partial charge in [0.1, 0.15) is 0 Å². The van der Waals surface area contributed by atoms with Crippen LogP contribution in [0, 0.1) is 0 Å². The van der Waals surface area contributed by atoms with Crippen molar-refractivity contribution in [1.82, 2.24) is 20.4 Å². The maximum absolute atomic E-state index is 13.0. The summed E-state index contributed by atoms with van der Waals surface area (Å²) in [7, 11) is 1.65. The zero-order chi connectivity index (χ0) is 23.4. The van der Waals surface area contributed by atoms with E-state index in [-0.39, 0.29) is 6.03 Å². The number of hydrogen-bond acceptors (Lipinski definition) is 5. The molecule has 4 rings (SSSR count). The van der Waals surface area contributed by atoms with Crippen LogP contribution in [0.4, 0.5) is 4.79 Å². The number of methoxy groups -OCH3 is 1. The van der Waals surface area contributed by atoms with Crippen LogP contribution >= 0.6 is 11.6 Å². The van der Waals surface area contributed by atoms with Crippen LogP contribution < -0.4 is 5.32 Å². The normalized spacial score (nSPS) is 16.3. The highest BCUT2D eigenvalue weighted by molar-refractivity contribution is 6.30. The number of ether oxygens (including phenoxy) is 1. The van der Waals surface area contributed by atoms with Gasteiger partial charge in [0.15, 0.2) is 0 Å². The van der Waals surface area contributed by atoms with Gasteiger partial charge in [-0.2, -0.15) is 4.98 Å². The van der Waals surface area contributed by atoms with Gasteiger partial charge in [0.05, 0.1) is 11.6 Å². The first-order valence-corrected chi connectivity index (χ1v) is 11.4. The van der Waals surface area contributed by atoms with E-state index in [1.54, 1.807) is 24.1 Å². The Kier molecular flexibility index (Phi) is 7.11. The van der Waals surface area contributed by atoms with Crippen LogP contribution in [0.5, 0.6) is 0 Å². The number of carbonyl (C=O) groups is 1. The topological polar surface area (TPSA) is 80.5 Å². The van der Waals surface area contributed by atoms with E-state index in [4.69, 9.17) is 20.9 Å². The number of allylic oxidation sites excluding steroid dienone is 1. The smallest absolute Gasteiger partial charge is 0.322 e.